The minimum atomic E-state index is 0.228. The Morgan fingerprint density at radius 3 is 2.62 bits per heavy atom. The number of aryl methyl sites for hydroxylation is 1. The Morgan fingerprint density at radius 1 is 1.12 bits per heavy atom. The van der Waals surface area contributed by atoms with Crippen LogP contribution in [0.25, 0.3) is 28.2 Å². The van der Waals surface area contributed by atoms with Crippen LogP contribution in [0.15, 0.2) is 67.4 Å². The first kappa shape index (κ1) is 15.7. The van der Waals surface area contributed by atoms with E-state index in [0.717, 1.165) is 28.2 Å². The van der Waals surface area contributed by atoms with Crippen LogP contribution in [0.1, 0.15) is 5.56 Å². The van der Waals surface area contributed by atoms with E-state index in [2.05, 4.69) is 16.0 Å². The molecule has 0 unspecified atom stereocenters. The number of rotatable bonds is 3. The highest BCUT2D eigenvalue weighted by Crippen LogP contribution is 2.32. The summed E-state index contributed by atoms with van der Waals surface area (Å²) in [4.78, 5) is 8.49. The predicted octanol–water partition coefficient (Wildman–Crippen LogP) is 3.39. The zero-order chi connectivity index (χ0) is 18.1. The van der Waals surface area contributed by atoms with Crippen molar-refractivity contribution >= 4 is 5.82 Å². The molecule has 26 heavy (non-hydrogen) atoms. The van der Waals surface area contributed by atoms with Gasteiger partial charge in [0.05, 0.1) is 11.4 Å². The van der Waals surface area contributed by atoms with Crippen LogP contribution in [0.4, 0.5) is 5.82 Å². The maximum atomic E-state index is 9.63. The van der Waals surface area contributed by atoms with Crippen LogP contribution in [0.5, 0.6) is 0 Å². The molecule has 6 nitrogen and oxygen atoms in total. The van der Waals surface area contributed by atoms with Gasteiger partial charge in [-0.15, -0.1) is 0 Å². The maximum Gasteiger partial charge on any atom is 0.142 e. The van der Waals surface area contributed by atoms with E-state index in [9.17, 15) is 5.26 Å². The molecular formula is C20H16N6. The van der Waals surface area contributed by atoms with E-state index in [1.807, 2.05) is 71.2 Å². The minimum Gasteiger partial charge on any atom is -0.383 e. The van der Waals surface area contributed by atoms with E-state index in [1.165, 1.54) is 0 Å². The van der Waals surface area contributed by atoms with Gasteiger partial charge in [0.2, 0.25) is 0 Å². The number of nitrogens with two attached hydrogens (primary N) is 1. The highest BCUT2D eigenvalue weighted by atomic mass is 15.0. The fourth-order valence-corrected chi connectivity index (χ4v) is 3.02. The second kappa shape index (κ2) is 6.22. The largest absolute Gasteiger partial charge is 0.383 e. The number of nitrogens with zero attached hydrogens (tertiary/aromatic N) is 5. The third-order valence-corrected chi connectivity index (χ3v) is 4.25. The van der Waals surface area contributed by atoms with Crippen LogP contribution < -0.4 is 5.73 Å². The highest BCUT2D eigenvalue weighted by Gasteiger charge is 2.16. The monoisotopic (exact) mass is 340 g/mol. The Hall–Kier alpha value is -3.85. The average Bonchev–Trinajstić information content (AvgIpc) is 3.31. The molecule has 0 spiro atoms. The summed E-state index contributed by atoms with van der Waals surface area (Å²) in [5.74, 6) is 0.228. The van der Waals surface area contributed by atoms with Gasteiger partial charge in [-0.25, -0.2) is 4.98 Å². The number of nitrogen functional groups attached to an aromatic ring is 1. The molecule has 126 valence electrons. The third kappa shape index (κ3) is 2.62. The number of aromatic nitrogens is 4. The molecule has 4 aromatic heterocycles. The zero-order valence-electron chi connectivity index (χ0n) is 14.2. The quantitative estimate of drug-likeness (QED) is 0.619. The van der Waals surface area contributed by atoms with Crippen molar-refractivity contribution in [2.75, 3.05) is 5.73 Å². The van der Waals surface area contributed by atoms with Gasteiger partial charge in [0, 0.05) is 54.8 Å². The van der Waals surface area contributed by atoms with Gasteiger partial charge in [-0.05, 0) is 36.4 Å². The Kier molecular flexibility index (Phi) is 3.75. The zero-order valence-corrected chi connectivity index (χ0v) is 14.2. The lowest BCUT2D eigenvalue weighted by molar-refractivity contribution is 0.928. The summed E-state index contributed by atoms with van der Waals surface area (Å²) >= 11 is 0. The van der Waals surface area contributed by atoms with Gasteiger partial charge in [0.1, 0.15) is 17.5 Å². The van der Waals surface area contributed by atoms with Crippen LogP contribution in [-0.2, 0) is 7.05 Å². The molecule has 2 N–H and O–H groups in total. The Bertz CT molecular complexity index is 1110. The molecule has 0 atom stereocenters. The molecule has 0 aliphatic rings. The maximum absolute atomic E-state index is 9.63. The first-order valence-corrected chi connectivity index (χ1v) is 8.08. The van der Waals surface area contributed by atoms with Gasteiger partial charge >= 0.3 is 0 Å². The third-order valence-electron chi connectivity index (χ3n) is 4.25. The van der Waals surface area contributed by atoms with Crippen molar-refractivity contribution in [2.24, 2.45) is 7.05 Å². The van der Waals surface area contributed by atoms with Crippen LogP contribution in [0.2, 0.25) is 0 Å². The number of anilines is 1. The van der Waals surface area contributed by atoms with E-state index < -0.39 is 0 Å². The molecule has 4 rings (SSSR count). The fourth-order valence-electron chi connectivity index (χ4n) is 3.02. The molecule has 0 aliphatic carbocycles. The highest BCUT2D eigenvalue weighted by molar-refractivity contribution is 5.79. The lowest BCUT2D eigenvalue weighted by Crippen LogP contribution is -2.02. The molecule has 0 aromatic carbocycles. The summed E-state index contributed by atoms with van der Waals surface area (Å²) in [6.45, 7) is 0. The molecule has 0 saturated carbocycles. The summed E-state index contributed by atoms with van der Waals surface area (Å²) in [6.07, 6.45) is 9.34. The second-order valence-corrected chi connectivity index (χ2v) is 5.96. The van der Waals surface area contributed by atoms with E-state index in [-0.39, 0.29) is 5.82 Å². The average molecular weight is 340 g/mol. The smallest absolute Gasteiger partial charge is 0.142 e. The first-order valence-electron chi connectivity index (χ1n) is 8.08. The Labute approximate surface area is 150 Å². The van der Waals surface area contributed by atoms with Crippen LogP contribution in [-0.4, -0.2) is 19.1 Å². The summed E-state index contributed by atoms with van der Waals surface area (Å²) in [7, 11) is 1.95. The summed E-state index contributed by atoms with van der Waals surface area (Å²) in [5, 5.41) is 9.63. The van der Waals surface area contributed by atoms with E-state index >= 15 is 0 Å². The number of nitriles is 1. The van der Waals surface area contributed by atoms with Gasteiger partial charge < -0.3 is 14.9 Å². The van der Waals surface area contributed by atoms with Gasteiger partial charge in [0.15, 0.2) is 0 Å². The standard InChI is InChI=1S/C20H16N6/c1-25-10-6-14(13-25)18-11-16(17(12-21)20(22)24-18)19-3-2-9-26(19)15-4-7-23-8-5-15/h2-11,13H,1H3,(H2,22,24). The van der Waals surface area contributed by atoms with Gasteiger partial charge in [0.25, 0.3) is 0 Å². The van der Waals surface area contributed by atoms with Crippen molar-refractivity contribution in [2.45, 2.75) is 0 Å². The number of pyridine rings is 2. The summed E-state index contributed by atoms with van der Waals surface area (Å²) < 4.78 is 3.96. The lowest BCUT2D eigenvalue weighted by atomic mass is 10.0. The molecule has 0 radical (unpaired) electrons. The molecule has 0 aliphatic heterocycles. The molecule has 0 saturated heterocycles. The SMILES string of the molecule is Cn1ccc(-c2cc(-c3cccn3-c3ccncc3)c(C#N)c(N)n2)c1. The number of hydrogen-bond donors (Lipinski definition) is 1. The normalized spacial score (nSPS) is 10.6. The van der Waals surface area contributed by atoms with Crippen molar-refractivity contribution in [3.63, 3.8) is 0 Å². The van der Waals surface area contributed by atoms with Crippen molar-refractivity contribution < 1.29 is 0 Å². The van der Waals surface area contributed by atoms with Crippen LogP contribution in [0, 0.1) is 11.3 Å². The Balaban J connectivity index is 1.94. The molecule has 0 bridgehead atoms. The van der Waals surface area contributed by atoms with Crippen molar-refractivity contribution in [3.05, 3.63) is 72.9 Å². The molecule has 0 fully saturated rings. The molecular weight excluding hydrogens is 324 g/mol. The second-order valence-electron chi connectivity index (χ2n) is 5.96. The van der Waals surface area contributed by atoms with E-state index in [1.54, 1.807) is 12.4 Å². The molecule has 6 heteroatoms. The lowest BCUT2D eigenvalue weighted by Gasteiger charge is -2.13. The topological polar surface area (TPSA) is 85.5 Å². The number of hydrogen-bond acceptors (Lipinski definition) is 4. The van der Waals surface area contributed by atoms with Crippen molar-refractivity contribution in [3.8, 4) is 34.3 Å². The van der Waals surface area contributed by atoms with Gasteiger partial charge in [-0.1, -0.05) is 0 Å². The van der Waals surface area contributed by atoms with Crippen molar-refractivity contribution in [1.29, 1.82) is 5.26 Å². The summed E-state index contributed by atoms with van der Waals surface area (Å²) in [6, 6.07) is 13.8. The molecule has 4 heterocycles. The van der Waals surface area contributed by atoms with Gasteiger partial charge in [-0.3, -0.25) is 4.98 Å². The molecule has 0 amide bonds. The first-order chi connectivity index (χ1) is 12.7. The van der Waals surface area contributed by atoms with E-state index in [4.69, 9.17) is 5.73 Å². The van der Waals surface area contributed by atoms with Crippen LogP contribution >= 0.6 is 0 Å². The molecule has 4 aromatic rings. The van der Waals surface area contributed by atoms with Crippen LogP contribution in [0.3, 0.4) is 0 Å². The van der Waals surface area contributed by atoms with E-state index in [0.29, 0.717) is 5.56 Å². The minimum absolute atomic E-state index is 0.228. The Morgan fingerprint density at radius 2 is 1.92 bits per heavy atom. The fraction of sp³-hybridized carbons (Fsp3) is 0.0500. The summed E-state index contributed by atoms with van der Waals surface area (Å²) in [5.41, 5.74) is 10.8. The van der Waals surface area contributed by atoms with Crippen molar-refractivity contribution in [1.82, 2.24) is 19.1 Å². The predicted molar refractivity (Wildman–Crippen MR) is 100 cm³/mol. The van der Waals surface area contributed by atoms with Gasteiger partial charge in [-0.2, -0.15) is 5.26 Å².